The summed E-state index contributed by atoms with van der Waals surface area (Å²) < 4.78 is 5.58. The van der Waals surface area contributed by atoms with Crippen LogP contribution in [0.15, 0.2) is 0 Å². The van der Waals surface area contributed by atoms with Crippen molar-refractivity contribution in [3.8, 4) is 0 Å². The molecule has 64 valence electrons. The second-order valence-corrected chi connectivity index (χ2v) is 4.30. The maximum Gasteiger partial charge on any atom is 0.123 e. The van der Waals surface area contributed by atoms with Gasteiger partial charge in [0.25, 0.3) is 0 Å². The van der Waals surface area contributed by atoms with E-state index in [0.717, 1.165) is 12.8 Å². The SMILES string of the molecule is CC(C)(O)C12CCCCC1O2. The molecule has 0 aromatic carbocycles. The fourth-order valence-corrected chi connectivity index (χ4v) is 2.29. The maximum atomic E-state index is 9.82. The molecule has 0 radical (unpaired) electrons. The molecule has 0 aromatic heterocycles. The average Bonchev–Trinajstić information content (AvgIpc) is 2.59. The molecule has 2 nitrogen and oxygen atoms in total. The molecule has 1 N–H and O–H groups in total. The molecule has 1 saturated carbocycles. The zero-order valence-corrected chi connectivity index (χ0v) is 7.26. The van der Waals surface area contributed by atoms with Gasteiger partial charge in [0, 0.05) is 0 Å². The van der Waals surface area contributed by atoms with E-state index in [-0.39, 0.29) is 5.60 Å². The Hall–Kier alpha value is -0.0800. The molecule has 2 fully saturated rings. The summed E-state index contributed by atoms with van der Waals surface area (Å²) in [6.45, 7) is 3.72. The Balaban J connectivity index is 2.13. The van der Waals surface area contributed by atoms with E-state index in [1.54, 1.807) is 0 Å². The van der Waals surface area contributed by atoms with Crippen LogP contribution in [0.2, 0.25) is 0 Å². The van der Waals surface area contributed by atoms with Crippen molar-refractivity contribution in [1.29, 1.82) is 0 Å². The molecular weight excluding hydrogens is 140 g/mol. The van der Waals surface area contributed by atoms with E-state index < -0.39 is 5.60 Å². The van der Waals surface area contributed by atoms with Gasteiger partial charge in [-0.3, -0.25) is 0 Å². The Labute approximate surface area is 67.6 Å². The lowest BCUT2D eigenvalue weighted by Crippen LogP contribution is -2.42. The molecular formula is C9H16O2. The second kappa shape index (κ2) is 1.99. The van der Waals surface area contributed by atoms with Gasteiger partial charge < -0.3 is 9.84 Å². The van der Waals surface area contributed by atoms with Crippen molar-refractivity contribution in [3.05, 3.63) is 0 Å². The van der Waals surface area contributed by atoms with Crippen LogP contribution in [0.4, 0.5) is 0 Å². The van der Waals surface area contributed by atoms with Gasteiger partial charge in [0.05, 0.1) is 11.7 Å². The predicted octanol–water partition coefficient (Wildman–Crippen LogP) is 1.47. The number of aliphatic hydroxyl groups is 1. The molecule has 0 bridgehead atoms. The normalized spacial score (nSPS) is 43.4. The number of epoxide rings is 1. The minimum absolute atomic E-state index is 0.161. The quantitative estimate of drug-likeness (QED) is 0.583. The van der Waals surface area contributed by atoms with Crippen LogP contribution >= 0.6 is 0 Å². The lowest BCUT2D eigenvalue weighted by Gasteiger charge is -2.29. The Morgan fingerprint density at radius 1 is 1.45 bits per heavy atom. The van der Waals surface area contributed by atoms with Gasteiger partial charge in [-0.2, -0.15) is 0 Å². The van der Waals surface area contributed by atoms with Gasteiger partial charge >= 0.3 is 0 Å². The van der Waals surface area contributed by atoms with Crippen LogP contribution in [0.5, 0.6) is 0 Å². The largest absolute Gasteiger partial charge is 0.387 e. The van der Waals surface area contributed by atoms with Gasteiger partial charge in [0.2, 0.25) is 0 Å². The monoisotopic (exact) mass is 156 g/mol. The van der Waals surface area contributed by atoms with Crippen molar-refractivity contribution in [2.24, 2.45) is 0 Å². The van der Waals surface area contributed by atoms with Crippen molar-refractivity contribution >= 4 is 0 Å². The minimum Gasteiger partial charge on any atom is -0.387 e. The molecule has 2 unspecified atom stereocenters. The first kappa shape index (κ1) is 7.56. The molecule has 1 saturated heterocycles. The van der Waals surface area contributed by atoms with Crippen molar-refractivity contribution in [2.45, 2.75) is 56.8 Å². The molecule has 2 heteroatoms. The molecule has 0 aromatic rings. The zero-order valence-electron chi connectivity index (χ0n) is 7.26. The van der Waals surface area contributed by atoms with Crippen LogP contribution < -0.4 is 0 Å². The molecule has 2 rings (SSSR count). The highest BCUT2D eigenvalue weighted by atomic mass is 16.6. The zero-order chi connectivity index (χ0) is 8.11. The van der Waals surface area contributed by atoms with Gasteiger partial charge in [0.15, 0.2) is 0 Å². The number of fused-ring (bicyclic) bond motifs is 1. The third kappa shape index (κ3) is 0.926. The lowest BCUT2D eigenvalue weighted by molar-refractivity contribution is -0.0119. The summed E-state index contributed by atoms with van der Waals surface area (Å²) in [6, 6.07) is 0. The van der Waals surface area contributed by atoms with Gasteiger partial charge in [-0.05, 0) is 26.7 Å². The number of ether oxygens (including phenoxy) is 1. The molecule has 2 aliphatic rings. The number of hydrogen-bond acceptors (Lipinski definition) is 2. The highest BCUT2D eigenvalue weighted by molar-refractivity contribution is 5.13. The Kier molecular flexibility index (Phi) is 1.37. The van der Waals surface area contributed by atoms with Crippen molar-refractivity contribution < 1.29 is 9.84 Å². The number of rotatable bonds is 1. The van der Waals surface area contributed by atoms with Crippen molar-refractivity contribution in [1.82, 2.24) is 0 Å². The molecule has 1 aliphatic carbocycles. The second-order valence-electron chi connectivity index (χ2n) is 4.30. The lowest BCUT2D eigenvalue weighted by atomic mass is 9.78. The van der Waals surface area contributed by atoms with Crippen LogP contribution in [0, 0.1) is 0 Å². The van der Waals surface area contributed by atoms with Gasteiger partial charge in [-0.1, -0.05) is 12.8 Å². The van der Waals surface area contributed by atoms with Crippen molar-refractivity contribution in [2.75, 3.05) is 0 Å². The maximum absolute atomic E-state index is 9.82. The predicted molar refractivity (Wildman–Crippen MR) is 42.4 cm³/mol. The van der Waals surface area contributed by atoms with Crippen LogP contribution in [0.25, 0.3) is 0 Å². The molecule has 1 heterocycles. The average molecular weight is 156 g/mol. The van der Waals surface area contributed by atoms with Gasteiger partial charge in [-0.15, -0.1) is 0 Å². The van der Waals surface area contributed by atoms with Crippen LogP contribution in [0.3, 0.4) is 0 Å². The Bertz CT molecular complexity index is 171. The van der Waals surface area contributed by atoms with E-state index in [4.69, 9.17) is 4.74 Å². The van der Waals surface area contributed by atoms with E-state index in [1.807, 2.05) is 13.8 Å². The highest BCUT2D eigenvalue weighted by Gasteiger charge is 2.65. The Morgan fingerprint density at radius 2 is 2.18 bits per heavy atom. The summed E-state index contributed by atoms with van der Waals surface area (Å²) in [6.07, 6.45) is 5.02. The van der Waals surface area contributed by atoms with Gasteiger partial charge in [-0.25, -0.2) is 0 Å². The fraction of sp³-hybridized carbons (Fsp3) is 1.00. The molecule has 0 amide bonds. The third-order valence-electron chi connectivity index (χ3n) is 3.12. The van der Waals surface area contributed by atoms with Crippen LogP contribution in [-0.2, 0) is 4.74 Å². The minimum atomic E-state index is -0.641. The first-order valence-corrected chi connectivity index (χ1v) is 4.46. The standard InChI is InChI=1S/C9H16O2/c1-8(2,10)9-6-4-3-5-7(9)11-9/h7,10H,3-6H2,1-2H3. The fourth-order valence-electron chi connectivity index (χ4n) is 2.29. The van der Waals surface area contributed by atoms with Crippen LogP contribution in [-0.4, -0.2) is 22.4 Å². The van der Waals surface area contributed by atoms with E-state index >= 15 is 0 Å². The smallest absolute Gasteiger partial charge is 0.123 e. The summed E-state index contributed by atoms with van der Waals surface area (Å²) in [7, 11) is 0. The summed E-state index contributed by atoms with van der Waals surface area (Å²) in [5.74, 6) is 0. The summed E-state index contributed by atoms with van der Waals surface area (Å²) >= 11 is 0. The van der Waals surface area contributed by atoms with E-state index in [9.17, 15) is 5.11 Å². The van der Waals surface area contributed by atoms with E-state index in [1.165, 1.54) is 12.8 Å². The first-order valence-electron chi connectivity index (χ1n) is 4.46. The van der Waals surface area contributed by atoms with E-state index in [0.29, 0.717) is 6.10 Å². The summed E-state index contributed by atoms with van der Waals surface area (Å²) in [5, 5.41) is 9.82. The van der Waals surface area contributed by atoms with Crippen molar-refractivity contribution in [3.63, 3.8) is 0 Å². The van der Waals surface area contributed by atoms with Crippen LogP contribution in [0.1, 0.15) is 39.5 Å². The summed E-state index contributed by atoms with van der Waals surface area (Å²) in [4.78, 5) is 0. The number of hydrogen-bond donors (Lipinski definition) is 1. The van der Waals surface area contributed by atoms with E-state index in [2.05, 4.69) is 0 Å². The Morgan fingerprint density at radius 3 is 2.64 bits per heavy atom. The molecule has 11 heavy (non-hydrogen) atoms. The highest BCUT2D eigenvalue weighted by Crippen LogP contribution is 2.53. The third-order valence-corrected chi connectivity index (χ3v) is 3.12. The molecule has 1 aliphatic heterocycles. The molecule has 0 spiro atoms. The summed E-state index contributed by atoms with van der Waals surface area (Å²) in [5.41, 5.74) is -0.802. The topological polar surface area (TPSA) is 32.8 Å². The molecule has 2 atom stereocenters. The first-order chi connectivity index (χ1) is 5.06. The van der Waals surface area contributed by atoms with Gasteiger partial charge in [0.1, 0.15) is 5.60 Å².